The molecule has 32 valence electrons. The standard InChI is InChI=1S/C4H5.Pt/c1-3-4-2;/h1,3-4H,2H2;/q-1;/b4-3-;. The van der Waals surface area contributed by atoms with Crippen molar-refractivity contribution >= 4 is 4.40 Å². The van der Waals surface area contributed by atoms with Gasteiger partial charge in [0.25, 0.3) is 0 Å². The van der Waals surface area contributed by atoms with E-state index in [0.29, 0.717) is 0 Å². The van der Waals surface area contributed by atoms with Gasteiger partial charge in [-0.3, -0.25) is 0 Å². The van der Waals surface area contributed by atoms with Crippen LogP contribution in [0.1, 0.15) is 0 Å². The predicted molar refractivity (Wildman–Crippen MR) is 20.6 cm³/mol. The molecule has 0 atom stereocenters. The Morgan fingerprint density at radius 1 is 1.60 bits per heavy atom. The third-order valence-electron chi connectivity index (χ3n) is 0.197. The third-order valence-corrected chi connectivity index (χ3v) is 0.634. The van der Waals surface area contributed by atoms with E-state index in [0.717, 1.165) is 0 Å². The van der Waals surface area contributed by atoms with Crippen molar-refractivity contribution in [3.8, 4) is 0 Å². The average molecular weight is 248 g/mol. The quantitative estimate of drug-likeness (QED) is 0.600. The zero-order valence-corrected chi connectivity index (χ0v) is 5.03. The van der Waals surface area contributed by atoms with Gasteiger partial charge in [0.2, 0.25) is 0 Å². The molecule has 0 aliphatic rings. The Bertz CT molecular complexity index is 45.6. The van der Waals surface area contributed by atoms with Crippen molar-refractivity contribution < 1.29 is 19.4 Å². The summed E-state index contributed by atoms with van der Waals surface area (Å²) in [5, 5.41) is 0. The fourth-order valence-corrected chi connectivity index (χ4v) is 0.352. The van der Waals surface area contributed by atoms with E-state index in [2.05, 4.69) is 26.3 Å². The van der Waals surface area contributed by atoms with Crippen LogP contribution >= 0.6 is 0 Å². The monoisotopic (exact) mass is 248 g/mol. The minimum absolute atomic E-state index is 1.74. The second kappa shape index (κ2) is 4.17. The van der Waals surface area contributed by atoms with E-state index in [9.17, 15) is 0 Å². The topological polar surface area (TPSA) is 0 Å². The Morgan fingerprint density at radius 3 is 2.20 bits per heavy atom. The van der Waals surface area contributed by atoms with Gasteiger partial charge in [-0.1, -0.05) is 0 Å². The fourth-order valence-electron chi connectivity index (χ4n) is 0.0430. The zero-order chi connectivity index (χ0) is 4.12. The first kappa shape index (κ1) is 5.17. The molecule has 0 spiro atoms. The van der Waals surface area contributed by atoms with Gasteiger partial charge in [-0.2, -0.15) is 0 Å². The molecule has 0 radical (unpaired) electrons. The van der Waals surface area contributed by atoms with Gasteiger partial charge < -0.3 is 0 Å². The summed E-state index contributed by atoms with van der Waals surface area (Å²) in [7, 11) is 0. The van der Waals surface area contributed by atoms with Gasteiger partial charge in [0.15, 0.2) is 0 Å². The van der Waals surface area contributed by atoms with E-state index in [-0.39, 0.29) is 0 Å². The summed E-state index contributed by atoms with van der Waals surface area (Å²) in [5.41, 5.74) is 0. The third kappa shape index (κ3) is 4.17. The van der Waals surface area contributed by atoms with Crippen molar-refractivity contribution in [2.24, 2.45) is 0 Å². The van der Waals surface area contributed by atoms with Crippen molar-refractivity contribution in [1.82, 2.24) is 0 Å². The minimum atomic E-state index is 1.74. The van der Waals surface area contributed by atoms with Gasteiger partial charge >= 0.3 is 42.8 Å². The summed E-state index contributed by atoms with van der Waals surface area (Å²) in [6.45, 7) is 3.46. The number of allylic oxidation sites excluding steroid dienone is 2. The zero-order valence-electron chi connectivity index (χ0n) is 2.76. The van der Waals surface area contributed by atoms with Crippen molar-refractivity contribution in [3.63, 3.8) is 0 Å². The van der Waals surface area contributed by atoms with Gasteiger partial charge in [-0.25, -0.2) is 0 Å². The van der Waals surface area contributed by atoms with Crippen LogP contribution in [0.25, 0.3) is 0 Å². The predicted octanol–water partition coefficient (Wildman–Crippen LogP) is 0.726. The summed E-state index contributed by atoms with van der Waals surface area (Å²) in [4.78, 5) is 0. The van der Waals surface area contributed by atoms with Gasteiger partial charge in [-0.05, 0) is 0 Å². The Kier molecular flexibility index (Phi) is 4.31. The molecule has 5 heavy (non-hydrogen) atoms. The van der Waals surface area contributed by atoms with Crippen LogP contribution in [0.4, 0.5) is 0 Å². The van der Waals surface area contributed by atoms with E-state index < -0.39 is 0 Å². The molecule has 0 aromatic rings. The molecule has 0 nitrogen and oxygen atoms in total. The second-order valence-electron chi connectivity index (χ2n) is 0.534. The number of hydrogen-bond acceptors (Lipinski definition) is 0. The molecule has 0 heterocycles. The maximum absolute atomic E-state index is 3.46. The Morgan fingerprint density at radius 2 is 2.20 bits per heavy atom. The second-order valence-corrected chi connectivity index (χ2v) is 1.29. The summed E-state index contributed by atoms with van der Waals surface area (Å²) < 4.78 is 1.91. The Labute approximate surface area is 43.3 Å². The first-order chi connectivity index (χ1) is 2.41. The van der Waals surface area contributed by atoms with Crippen molar-refractivity contribution in [2.75, 3.05) is 0 Å². The molecule has 0 aromatic heterocycles. The SMILES string of the molecule is [CH2-]/C=C\[CH]=[Pt]. The molecule has 0 unspecified atom stereocenters. The molecule has 0 aromatic carbocycles. The summed E-state index contributed by atoms with van der Waals surface area (Å²) in [6.07, 6.45) is 3.62. The molecule has 0 N–H and O–H groups in total. The van der Waals surface area contributed by atoms with Crippen LogP contribution in [-0.4, -0.2) is 4.40 Å². The van der Waals surface area contributed by atoms with E-state index in [1.165, 1.54) is 0 Å². The fraction of sp³-hybridized carbons (Fsp3) is 0. The molecule has 0 aliphatic carbocycles. The molecule has 0 rings (SSSR count). The molecular weight excluding hydrogens is 243 g/mol. The summed E-state index contributed by atoms with van der Waals surface area (Å²) >= 11 is 2.12. The van der Waals surface area contributed by atoms with Gasteiger partial charge in [-0.15, -0.1) is 0 Å². The van der Waals surface area contributed by atoms with E-state index >= 15 is 0 Å². The van der Waals surface area contributed by atoms with Crippen LogP contribution in [0.15, 0.2) is 12.2 Å². The number of rotatable bonds is 1. The maximum atomic E-state index is 3.46. The molecule has 0 saturated heterocycles. The van der Waals surface area contributed by atoms with Crippen LogP contribution in [0.3, 0.4) is 0 Å². The van der Waals surface area contributed by atoms with Crippen LogP contribution in [0, 0.1) is 6.92 Å². The van der Waals surface area contributed by atoms with E-state index in [4.69, 9.17) is 0 Å². The summed E-state index contributed by atoms with van der Waals surface area (Å²) in [5.74, 6) is 0. The average Bonchev–Trinajstić information content (AvgIpc) is 1.41. The van der Waals surface area contributed by atoms with Crippen LogP contribution < -0.4 is 0 Å². The Hall–Kier alpha value is 0.168. The van der Waals surface area contributed by atoms with E-state index in [1.54, 1.807) is 6.08 Å². The number of hydrogen-bond donors (Lipinski definition) is 0. The van der Waals surface area contributed by atoms with Crippen molar-refractivity contribution in [3.05, 3.63) is 19.1 Å². The molecule has 0 amide bonds. The normalized spacial score (nSPS) is 9.20. The van der Waals surface area contributed by atoms with Gasteiger partial charge in [0.1, 0.15) is 0 Å². The molecule has 0 fully saturated rings. The van der Waals surface area contributed by atoms with Crippen LogP contribution in [0.5, 0.6) is 0 Å². The molecule has 0 bridgehead atoms. The van der Waals surface area contributed by atoms with Gasteiger partial charge in [0.05, 0.1) is 0 Å². The van der Waals surface area contributed by atoms with E-state index in [1.807, 2.05) is 10.5 Å². The molecular formula is C4H5Pt-. The molecule has 0 saturated carbocycles. The van der Waals surface area contributed by atoms with Crippen molar-refractivity contribution in [2.45, 2.75) is 0 Å². The first-order valence-electron chi connectivity index (χ1n) is 1.26. The Balaban J connectivity index is 2.92. The van der Waals surface area contributed by atoms with Crippen molar-refractivity contribution in [1.29, 1.82) is 0 Å². The molecule has 0 aliphatic heterocycles. The molecule has 1 heteroatoms. The summed E-state index contributed by atoms with van der Waals surface area (Å²) in [6, 6.07) is 0. The first-order valence-corrected chi connectivity index (χ1v) is 2.57. The van der Waals surface area contributed by atoms with Gasteiger partial charge in [0, 0.05) is 0 Å². The van der Waals surface area contributed by atoms with Crippen LogP contribution in [-0.2, 0) is 19.4 Å². The van der Waals surface area contributed by atoms with Crippen LogP contribution in [0.2, 0.25) is 0 Å².